The molecule has 1 aromatic carbocycles. The molecule has 0 fully saturated rings. The van der Waals surface area contributed by atoms with Gasteiger partial charge in [0.15, 0.2) is 5.78 Å². The van der Waals surface area contributed by atoms with Crippen molar-refractivity contribution < 1.29 is 14.7 Å². The van der Waals surface area contributed by atoms with Gasteiger partial charge >= 0.3 is 5.97 Å². The number of nitrogens with one attached hydrogen (secondary N) is 1. The van der Waals surface area contributed by atoms with E-state index in [0.717, 1.165) is 0 Å². The first-order chi connectivity index (χ1) is 9.45. The summed E-state index contributed by atoms with van der Waals surface area (Å²) in [4.78, 5) is 26.3. The topological polar surface area (TPSA) is 93.9 Å². The van der Waals surface area contributed by atoms with E-state index in [1.807, 2.05) is 6.07 Å². The number of ketones is 1. The van der Waals surface area contributed by atoms with Gasteiger partial charge in [-0.3, -0.25) is 9.59 Å². The number of fused-ring (bicyclic) bond motifs is 1. The fourth-order valence-corrected chi connectivity index (χ4v) is 2.09. The van der Waals surface area contributed by atoms with E-state index in [4.69, 9.17) is 10.4 Å². The van der Waals surface area contributed by atoms with Crippen molar-refractivity contribution in [3.63, 3.8) is 0 Å². The molecule has 0 aliphatic rings. The Labute approximate surface area is 115 Å². The van der Waals surface area contributed by atoms with Crippen molar-refractivity contribution in [2.75, 3.05) is 0 Å². The molecule has 1 heterocycles. The Morgan fingerprint density at radius 1 is 1.30 bits per heavy atom. The number of rotatable bonds is 4. The Bertz CT molecular complexity index is 724. The second-order valence-electron chi connectivity index (χ2n) is 4.85. The Morgan fingerprint density at radius 3 is 2.60 bits per heavy atom. The van der Waals surface area contributed by atoms with E-state index in [-0.39, 0.29) is 5.78 Å². The fourth-order valence-electron chi connectivity index (χ4n) is 2.09. The van der Waals surface area contributed by atoms with Gasteiger partial charge in [-0.1, -0.05) is 19.9 Å². The van der Waals surface area contributed by atoms with Crippen LogP contribution in [0.4, 0.5) is 0 Å². The summed E-state index contributed by atoms with van der Waals surface area (Å²) in [6, 6.07) is 7.04. The molecule has 0 aliphatic carbocycles. The van der Waals surface area contributed by atoms with Crippen LogP contribution in [0.25, 0.3) is 10.9 Å². The molecule has 2 unspecified atom stereocenters. The maximum Gasteiger partial charge on any atom is 0.306 e. The Hall–Kier alpha value is -2.61. The number of carbonyl (C=O) groups is 2. The monoisotopic (exact) mass is 270 g/mol. The molecular formula is C15H14N2O3. The summed E-state index contributed by atoms with van der Waals surface area (Å²) in [5, 5.41) is 18.5. The second kappa shape index (κ2) is 5.17. The summed E-state index contributed by atoms with van der Waals surface area (Å²) in [6.07, 6.45) is 1.57. The van der Waals surface area contributed by atoms with Crippen LogP contribution in [0.5, 0.6) is 0 Å². The number of aliphatic carboxylic acids is 1. The summed E-state index contributed by atoms with van der Waals surface area (Å²) < 4.78 is 0. The Kier molecular flexibility index (Phi) is 3.57. The zero-order valence-electron chi connectivity index (χ0n) is 11.2. The minimum Gasteiger partial charge on any atom is -0.481 e. The Balaban J connectivity index is 2.41. The number of aromatic nitrogens is 1. The van der Waals surface area contributed by atoms with Crippen molar-refractivity contribution in [2.24, 2.45) is 11.8 Å². The van der Waals surface area contributed by atoms with Crippen LogP contribution in [-0.2, 0) is 4.79 Å². The van der Waals surface area contributed by atoms with Gasteiger partial charge in [-0.2, -0.15) is 5.26 Å². The molecule has 20 heavy (non-hydrogen) atoms. The average molecular weight is 270 g/mol. The maximum absolute atomic E-state index is 12.4. The Morgan fingerprint density at radius 2 is 2.00 bits per heavy atom. The van der Waals surface area contributed by atoms with E-state index >= 15 is 0 Å². The quantitative estimate of drug-likeness (QED) is 0.835. The number of nitriles is 1. The highest BCUT2D eigenvalue weighted by atomic mass is 16.4. The number of aromatic amines is 1. The lowest BCUT2D eigenvalue weighted by atomic mass is 9.88. The van der Waals surface area contributed by atoms with E-state index in [2.05, 4.69) is 4.98 Å². The lowest BCUT2D eigenvalue weighted by Gasteiger charge is -2.14. The first-order valence-corrected chi connectivity index (χ1v) is 6.24. The maximum atomic E-state index is 12.4. The molecule has 0 radical (unpaired) electrons. The molecule has 2 atom stereocenters. The third-order valence-corrected chi connectivity index (χ3v) is 3.63. The van der Waals surface area contributed by atoms with Crippen molar-refractivity contribution in [1.29, 1.82) is 5.26 Å². The SMILES string of the molecule is CC(C(=O)O)C(C)C(=O)c1c[nH]c2cc(C#N)ccc12. The van der Waals surface area contributed by atoms with E-state index in [9.17, 15) is 9.59 Å². The number of hydrogen-bond acceptors (Lipinski definition) is 3. The molecule has 2 aromatic rings. The van der Waals surface area contributed by atoms with Crippen molar-refractivity contribution in [3.05, 3.63) is 35.5 Å². The van der Waals surface area contributed by atoms with Crippen molar-refractivity contribution >= 4 is 22.7 Å². The summed E-state index contributed by atoms with van der Waals surface area (Å²) in [7, 11) is 0. The van der Waals surface area contributed by atoms with Gasteiger partial charge in [0.25, 0.3) is 0 Å². The predicted octanol–water partition coefficient (Wildman–Crippen LogP) is 2.58. The molecule has 5 nitrogen and oxygen atoms in total. The predicted molar refractivity (Wildman–Crippen MR) is 73.3 cm³/mol. The van der Waals surface area contributed by atoms with Gasteiger partial charge in [0.1, 0.15) is 0 Å². The number of carboxylic acids is 1. The molecule has 0 amide bonds. The molecule has 0 aliphatic heterocycles. The van der Waals surface area contributed by atoms with E-state index < -0.39 is 17.8 Å². The fraction of sp³-hybridized carbons (Fsp3) is 0.267. The molecule has 102 valence electrons. The summed E-state index contributed by atoms with van der Waals surface area (Å²) >= 11 is 0. The van der Waals surface area contributed by atoms with Gasteiger partial charge in [-0.15, -0.1) is 0 Å². The minimum atomic E-state index is -0.988. The number of H-pyrrole nitrogens is 1. The molecule has 5 heteroatoms. The van der Waals surface area contributed by atoms with E-state index in [1.165, 1.54) is 6.92 Å². The molecule has 0 saturated heterocycles. The standard InChI is InChI=1S/C15H14N2O3/c1-8(9(2)15(19)20)14(18)12-7-17-13-5-10(6-16)3-4-11(12)13/h3-5,7-9,17H,1-2H3,(H,19,20). The van der Waals surface area contributed by atoms with Crippen molar-refractivity contribution in [1.82, 2.24) is 4.98 Å². The zero-order valence-corrected chi connectivity index (χ0v) is 11.2. The normalized spacial score (nSPS) is 13.7. The lowest BCUT2D eigenvalue weighted by molar-refractivity contribution is -0.142. The molecule has 0 spiro atoms. The number of carbonyl (C=O) groups excluding carboxylic acids is 1. The number of carboxylic acid groups (broad SMARTS) is 1. The van der Waals surface area contributed by atoms with Crippen molar-refractivity contribution in [2.45, 2.75) is 13.8 Å². The number of Topliss-reactive ketones (excluding diaryl/α,β-unsaturated/α-hetero) is 1. The smallest absolute Gasteiger partial charge is 0.306 e. The van der Waals surface area contributed by atoms with Crippen LogP contribution in [0.3, 0.4) is 0 Å². The first kappa shape index (κ1) is 13.8. The van der Waals surface area contributed by atoms with Gasteiger partial charge < -0.3 is 10.1 Å². The van der Waals surface area contributed by atoms with Crippen LogP contribution in [0.15, 0.2) is 24.4 Å². The van der Waals surface area contributed by atoms with Gasteiger partial charge in [-0.05, 0) is 12.1 Å². The molecule has 2 rings (SSSR count). The van der Waals surface area contributed by atoms with Gasteiger partial charge in [-0.25, -0.2) is 0 Å². The minimum absolute atomic E-state index is 0.212. The highest BCUT2D eigenvalue weighted by Gasteiger charge is 2.28. The van der Waals surface area contributed by atoms with Crippen LogP contribution in [0.1, 0.15) is 29.8 Å². The molecular weight excluding hydrogens is 256 g/mol. The summed E-state index contributed by atoms with van der Waals surface area (Å²) in [5.41, 5.74) is 1.66. The molecule has 1 aromatic heterocycles. The van der Waals surface area contributed by atoms with Crippen LogP contribution in [0.2, 0.25) is 0 Å². The second-order valence-corrected chi connectivity index (χ2v) is 4.85. The lowest BCUT2D eigenvalue weighted by Crippen LogP contribution is -2.25. The van der Waals surface area contributed by atoms with E-state index in [0.29, 0.717) is 22.0 Å². The van der Waals surface area contributed by atoms with Crippen LogP contribution in [-0.4, -0.2) is 21.8 Å². The third-order valence-electron chi connectivity index (χ3n) is 3.63. The third kappa shape index (κ3) is 2.28. The highest BCUT2D eigenvalue weighted by Crippen LogP contribution is 2.25. The number of benzene rings is 1. The number of nitrogens with zero attached hydrogens (tertiary/aromatic N) is 1. The largest absolute Gasteiger partial charge is 0.481 e. The van der Waals surface area contributed by atoms with Crippen LogP contribution >= 0.6 is 0 Å². The zero-order chi connectivity index (χ0) is 14.9. The average Bonchev–Trinajstić information content (AvgIpc) is 2.87. The van der Waals surface area contributed by atoms with Crippen molar-refractivity contribution in [3.8, 4) is 6.07 Å². The van der Waals surface area contributed by atoms with E-state index in [1.54, 1.807) is 31.3 Å². The van der Waals surface area contributed by atoms with Gasteiger partial charge in [0.2, 0.25) is 0 Å². The van der Waals surface area contributed by atoms with Gasteiger partial charge in [0, 0.05) is 28.6 Å². The molecule has 0 saturated carbocycles. The first-order valence-electron chi connectivity index (χ1n) is 6.24. The summed E-state index contributed by atoms with van der Waals surface area (Å²) in [6.45, 7) is 3.14. The summed E-state index contributed by atoms with van der Waals surface area (Å²) in [5.74, 6) is -2.55. The molecule has 0 bridgehead atoms. The number of hydrogen-bond donors (Lipinski definition) is 2. The highest BCUT2D eigenvalue weighted by molar-refractivity contribution is 6.09. The van der Waals surface area contributed by atoms with Crippen LogP contribution < -0.4 is 0 Å². The van der Waals surface area contributed by atoms with Gasteiger partial charge in [0.05, 0.1) is 17.6 Å². The molecule has 2 N–H and O–H groups in total. The van der Waals surface area contributed by atoms with Crippen LogP contribution in [0, 0.1) is 23.2 Å².